The number of hydrogen-bond acceptors (Lipinski definition) is 3. The lowest BCUT2D eigenvalue weighted by Crippen LogP contribution is -2.23. The predicted molar refractivity (Wildman–Crippen MR) is 107 cm³/mol. The maximum Gasteiger partial charge on any atom is 0.232 e. The smallest absolute Gasteiger partial charge is 0.232 e. The first-order valence-corrected chi connectivity index (χ1v) is 8.97. The largest absolute Gasteiger partial charge is 0.326 e. The van der Waals surface area contributed by atoms with Crippen LogP contribution in [-0.2, 0) is 11.2 Å². The van der Waals surface area contributed by atoms with Crippen molar-refractivity contribution in [2.45, 2.75) is 19.3 Å². The van der Waals surface area contributed by atoms with Gasteiger partial charge in [-0.3, -0.25) is 14.6 Å². The number of pyridine rings is 1. The van der Waals surface area contributed by atoms with Gasteiger partial charge >= 0.3 is 0 Å². The molecule has 2 aromatic carbocycles. The number of carbonyl (C=O) groups is 2. The summed E-state index contributed by atoms with van der Waals surface area (Å²) in [7, 11) is 0. The standard InChI is InChI=1S/C22H19ClN2O2/c1-15(26)18-3-2-4-20(14-18)25-22(27)21(13-16-9-11-24-12-10-16)17-5-7-19(23)8-6-17/h2-12,14,21H,13H2,1H3,(H,25,27). The van der Waals surface area contributed by atoms with Gasteiger partial charge in [-0.25, -0.2) is 0 Å². The maximum absolute atomic E-state index is 13.0. The van der Waals surface area contributed by atoms with Crippen LogP contribution >= 0.6 is 11.6 Å². The number of halogens is 1. The van der Waals surface area contributed by atoms with Gasteiger partial charge in [-0.1, -0.05) is 35.9 Å². The molecule has 0 bridgehead atoms. The highest BCUT2D eigenvalue weighted by Crippen LogP contribution is 2.25. The van der Waals surface area contributed by atoms with Crippen LogP contribution in [0.2, 0.25) is 5.02 Å². The molecule has 136 valence electrons. The first kappa shape index (κ1) is 18.8. The molecule has 27 heavy (non-hydrogen) atoms. The first-order chi connectivity index (χ1) is 13.0. The molecule has 4 nitrogen and oxygen atoms in total. The van der Waals surface area contributed by atoms with Crippen molar-refractivity contribution in [3.05, 3.63) is 94.8 Å². The highest BCUT2D eigenvalue weighted by atomic mass is 35.5. The molecule has 0 fully saturated rings. The number of Topliss-reactive ketones (excluding diaryl/α,β-unsaturated/α-hetero) is 1. The number of nitrogens with one attached hydrogen (secondary N) is 1. The zero-order valence-electron chi connectivity index (χ0n) is 14.9. The summed E-state index contributed by atoms with van der Waals surface area (Å²) >= 11 is 5.99. The van der Waals surface area contributed by atoms with E-state index in [-0.39, 0.29) is 11.7 Å². The average molecular weight is 379 g/mol. The number of amides is 1. The van der Waals surface area contributed by atoms with Gasteiger partial charge in [0, 0.05) is 28.7 Å². The van der Waals surface area contributed by atoms with Gasteiger partial charge in [-0.15, -0.1) is 0 Å². The molecule has 0 spiro atoms. The molecule has 0 aliphatic rings. The maximum atomic E-state index is 13.0. The highest BCUT2D eigenvalue weighted by molar-refractivity contribution is 6.30. The van der Waals surface area contributed by atoms with Crippen molar-refractivity contribution in [1.29, 1.82) is 0 Å². The van der Waals surface area contributed by atoms with Gasteiger partial charge in [0.05, 0.1) is 5.92 Å². The third kappa shape index (κ3) is 5.02. The van der Waals surface area contributed by atoms with Crippen molar-refractivity contribution in [2.24, 2.45) is 0 Å². The van der Waals surface area contributed by atoms with Crippen LogP contribution in [0.4, 0.5) is 5.69 Å². The lowest BCUT2D eigenvalue weighted by atomic mass is 9.91. The van der Waals surface area contributed by atoms with Crippen LogP contribution in [0, 0.1) is 0 Å². The molecule has 1 atom stereocenters. The topological polar surface area (TPSA) is 59.1 Å². The Morgan fingerprint density at radius 3 is 2.41 bits per heavy atom. The van der Waals surface area contributed by atoms with Crippen molar-refractivity contribution in [3.63, 3.8) is 0 Å². The minimum Gasteiger partial charge on any atom is -0.326 e. The summed E-state index contributed by atoms with van der Waals surface area (Å²) in [4.78, 5) is 28.6. The molecular formula is C22H19ClN2O2. The Bertz CT molecular complexity index is 940. The van der Waals surface area contributed by atoms with Gasteiger partial charge in [0.2, 0.25) is 5.91 Å². The van der Waals surface area contributed by atoms with Gasteiger partial charge < -0.3 is 5.32 Å². The minimum atomic E-state index is -0.398. The molecule has 3 rings (SSSR count). The summed E-state index contributed by atoms with van der Waals surface area (Å²) in [6, 6.07) is 18.0. The molecule has 0 saturated carbocycles. The molecule has 0 aliphatic carbocycles. The third-order valence-electron chi connectivity index (χ3n) is 4.31. The molecular weight excluding hydrogens is 360 g/mol. The molecule has 1 heterocycles. The van der Waals surface area contributed by atoms with Crippen molar-refractivity contribution < 1.29 is 9.59 Å². The molecule has 0 saturated heterocycles. The van der Waals surface area contributed by atoms with E-state index >= 15 is 0 Å². The van der Waals surface area contributed by atoms with Gasteiger partial charge in [0.15, 0.2) is 5.78 Å². The summed E-state index contributed by atoms with van der Waals surface area (Å²) < 4.78 is 0. The van der Waals surface area contributed by atoms with Gasteiger partial charge in [-0.2, -0.15) is 0 Å². The molecule has 0 radical (unpaired) electrons. The van der Waals surface area contributed by atoms with Crippen LogP contribution in [0.3, 0.4) is 0 Å². The minimum absolute atomic E-state index is 0.0443. The number of hydrogen-bond donors (Lipinski definition) is 1. The normalized spacial score (nSPS) is 11.6. The summed E-state index contributed by atoms with van der Waals surface area (Å²) in [6.07, 6.45) is 3.95. The Morgan fingerprint density at radius 2 is 1.74 bits per heavy atom. The lowest BCUT2D eigenvalue weighted by molar-refractivity contribution is -0.117. The van der Waals surface area contributed by atoms with E-state index in [9.17, 15) is 9.59 Å². The average Bonchev–Trinajstić information content (AvgIpc) is 2.68. The fourth-order valence-electron chi connectivity index (χ4n) is 2.86. The molecule has 1 unspecified atom stereocenters. The van der Waals surface area contributed by atoms with E-state index in [1.807, 2.05) is 24.3 Å². The van der Waals surface area contributed by atoms with E-state index in [1.54, 1.807) is 48.8 Å². The molecule has 5 heteroatoms. The Labute approximate surface area is 163 Å². The summed E-state index contributed by atoms with van der Waals surface area (Å²) in [5.74, 6) is -0.586. The second-order valence-electron chi connectivity index (χ2n) is 6.29. The van der Waals surface area contributed by atoms with E-state index in [0.29, 0.717) is 22.7 Å². The lowest BCUT2D eigenvalue weighted by Gasteiger charge is -2.18. The Balaban J connectivity index is 1.87. The quantitative estimate of drug-likeness (QED) is 0.620. The molecule has 0 aliphatic heterocycles. The fraction of sp³-hybridized carbons (Fsp3) is 0.136. The van der Waals surface area contributed by atoms with E-state index < -0.39 is 5.92 Å². The van der Waals surface area contributed by atoms with Crippen LogP contribution in [-0.4, -0.2) is 16.7 Å². The third-order valence-corrected chi connectivity index (χ3v) is 4.57. The SMILES string of the molecule is CC(=O)c1cccc(NC(=O)C(Cc2ccncc2)c2ccc(Cl)cc2)c1. The van der Waals surface area contributed by atoms with Gasteiger partial charge in [0.1, 0.15) is 0 Å². The number of rotatable bonds is 6. The number of nitrogens with zero attached hydrogens (tertiary/aromatic N) is 1. The van der Waals surface area contributed by atoms with Crippen LogP contribution in [0.25, 0.3) is 0 Å². The van der Waals surface area contributed by atoms with E-state index in [0.717, 1.165) is 11.1 Å². The number of carbonyl (C=O) groups excluding carboxylic acids is 2. The van der Waals surface area contributed by atoms with Crippen molar-refractivity contribution in [1.82, 2.24) is 4.98 Å². The predicted octanol–water partition coefficient (Wildman–Crippen LogP) is 4.90. The van der Waals surface area contributed by atoms with E-state index in [1.165, 1.54) is 6.92 Å². The molecule has 1 N–H and O–H groups in total. The Kier molecular flexibility index (Phi) is 5.99. The fourth-order valence-corrected chi connectivity index (χ4v) is 2.98. The van der Waals surface area contributed by atoms with Crippen LogP contribution in [0.5, 0.6) is 0 Å². The Morgan fingerprint density at radius 1 is 1.04 bits per heavy atom. The first-order valence-electron chi connectivity index (χ1n) is 8.59. The Hall–Kier alpha value is -2.98. The summed E-state index contributed by atoms with van der Waals surface area (Å²) in [5, 5.41) is 3.55. The van der Waals surface area contributed by atoms with Gasteiger partial charge in [-0.05, 0) is 60.9 Å². The second kappa shape index (κ2) is 8.60. The van der Waals surface area contributed by atoms with Crippen LogP contribution in [0.1, 0.15) is 34.3 Å². The van der Waals surface area contributed by atoms with Crippen LogP contribution < -0.4 is 5.32 Å². The number of benzene rings is 2. The number of ketones is 1. The second-order valence-corrected chi connectivity index (χ2v) is 6.73. The van der Waals surface area contributed by atoms with E-state index in [2.05, 4.69) is 10.3 Å². The van der Waals surface area contributed by atoms with Crippen molar-refractivity contribution in [2.75, 3.05) is 5.32 Å². The molecule has 1 amide bonds. The monoisotopic (exact) mass is 378 g/mol. The number of aromatic nitrogens is 1. The zero-order chi connectivity index (χ0) is 19.2. The van der Waals surface area contributed by atoms with E-state index in [4.69, 9.17) is 11.6 Å². The van der Waals surface area contributed by atoms with Crippen molar-refractivity contribution in [3.8, 4) is 0 Å². The molecule has 3 aromatic rings. The van der Waals surface area contributed by atoms with Crippen LogP contribution in [0.15, 0.2) is 73.1 Å². The van der Waals surface area contributed by atoms with Crippen molar-refractivity contribution >= 4 is 29.0 Å². The zero-order valence-corrected chi connectivity index (χ0v) is 15.6. The molecule has 1 aromatic heterocycles. The van der Waals surface area contributed by atoms with Gasteiger partial charge in [0.25, 0.3) is 0 Å². The summed E-state index contributed by atoms with van der Waals surface area (Å²) in [5.41, 5.74) is 3.04. The number of anilines is 1. The summed E-state index contributed by atoms with van der Waals surface area (Å²) in [6.45, 7) is 1.50. The highest BCUT2D eigenvalue weighted by Gasteiger charge is 2.21.